The minimum absolute atomic E-state index is 0.0552. The summed E-state index contributed by atoms with van der Waals surface area (Å²) in [5.74, 6) is -0.696. The van der Waals surface area contributed by atoms with Gasteiger partial charge in [0.25, 0.3) is 5.91 Å². The third-order valence-corrected chi connectivity index (χ3v) is 2.93. The van der Waals surface area contributed by atoms with E-state index in [1.807, 2.05) is 5.32 Å². The molecule has 0 aliphatic rings. The normalized spacial score (nSPS) is 10.0. The van der Waals surface area contributed by atoms with Gasteiger partial charge in [-0.3, -0.25) is 10.1 Å². The van der Waals surface area contributed by atoms with Crippen LogP contribution in [0, 0.1) is 0 Å². The van der Waals surface area contributed by atoms with Crippen molar-refractivity contribution in [1.82, 2.24) is 10.6 Å². The molecule has 0 radical (unpaired) electrons. The summed E-state index contributed by atoms with van der Waals surface area (Å²) < 4.78 is 20.3. The van der Waals surface area contributed by atoms with Gasteiger partial charge in [-0.2, -0.15) is 0 Å². The number of hydrogen-bond donors (Lipinski definition) is 2. The SMILES string of the molecule is COc1cc(OC)c(C(=O)OCC(=O)NC(=O)NC(C)C)cc1OC. The van der Waals surface area contributed by atoms with Crippen LogP contribution in [-0.4, -0.2) is 51.9 Å². The fraction of sp³-hybridized carbons (Fsp3) is 0.438. The number of amides is 3. The molecule has 9 heteroatoms. The number of carbonyl (C=O) groups excluding carboxylic acids is 3. The van der Waals surface area contributed by atoms with Gasteiger partial charge in [0.2, 0.25) is 0 Å². The van der Waals surface area contributed by atoms with E-state index in [1.54, 1.807) is 13.8 Å². The number of imide groups is 1. The number of nitrogens with one attached hydrogen (secondary N) is 2. The number of esters is 1. The third-order valence-electron chi connectivity index (χ3n) is 2.93. The number of methoxy groups -OCH3 is 3. The second kappa shape index (κ2) is 9.36. The van der Waals surface area contributed by atoms with E-state index >= 15 is 0 Å². The fourth-order valence-electron chi connectivity index (χ4n) is 1.86. The summed E-state index contributed by atoms with van der Waals surface area (Å²) in [6.07, 6.45) is 0. The minimum atomic E-state index is -0.808. The highest BCUT2D eigenvalue weighted by molar-refractivity contribution is 5.98. The maximum atomic E-state index is 12.2. The number of rotatable bonds is 7. The lowest BCUT2D eigenvalue weighted by Crippen LogP contribution is -2.44. The van der Waals surface area contributed by atoms with Crippen molar-refractivity contribution in [3.8, 4) is 17.2 Å². The predicted molar refractivity (Wildman–Crippen MR) is 88.2 cm³/mol. The second-order valence-corrected chi connectivity index (χ2v) is 5.16. The van der Waals surface area contributed by atoms with E-state index in [0.717, 1.165) is 0 Å². The Bertz CT molecular complexity index is 644. The standard InChI is InChI=1S/C16H22N2O7/c1-9(2)17-16(21)18-14(19)8-25-15(20)10-6-12(23-4)13(24-5)7-11(10)22-3/h6-7,9H,8H2,1-5H3,(H2,17,18,19,21). The second-order valence-electron chi connectivity index (χ2n) is 5.16. The van der Waals surface area contributed by atoms with Crippen LogP contribution < -0.4 is 24.8 Å². The number of carbonyl (C=O) groups is 3. The molecule has 0 spiro atoms. The summed E-state index contributed by atoms with van der Waals surface area (Å²) in [6.45, 7) is 2.86. The zero-order valence-corrected chi connectivity index (χ0v) is 14.8. The van der Waals surface area contributed by atoms with Crippen LogP contribution >= 0.6 is 0 Å². The van der Waals surface area contributed by atoms with E-state index in [4.69, 9.17) is 18.9 Å². The molecule has 1 rings (SSSR count). The van der Waals surface area contributed by atoms with E-state index in [9.17, 15) is 14.4 Å². The lowest BCUT2D eigenvalue weighted by molar-refractivity contribution is -0.123. The molecule has 25 heavy (non-hydrogen) atoms. The van der Waals surface area contributed by atoms with Crippen molar-refractivity contribution >= 4 is 17.9 Å². The number of urea groups is 1. The first-order chi connectivity index (χ1) is 11.8. The summed E-state index contributed by atoms with van der Waals surface area (Å²) in [7, 11) is 4.24. The smallest absolute Gasteiger partial charge is 0.342 e. The first-order valence-electron chi connectivity index (χ1n) is 7.39. The monoisotopic (exact) mass is 354 g/mol. The topological polar surface area (TPSA) is 112 Å². The Morgan fingerprint density at radius 2 is 1.52 bits per heavy atom. The van der Waals surface area contributed by atoms with E-state index < -0.39 is 24.5 Å². The van der Waals surface area contributed by atoms with Crippen molar-refractivity contribution in [2.75, 3.05) is 27.9 Å². The fourth-order valence-corrected chi connectivity index (χ4v) is 1.86. The molecule has 0 fully saturated rings. The van der Waals surface area contributed by atoms with Crippen LogP contribution in [-0.2, 0) is 9.53 Å². The molecule has 0 bridgehead atoms. The van der Waals surface area contributed by atoms with Crippen LogP contribution in [0.3, 0.4) is 0 Å². The predicted octanol–water partition coefficient (Wildman–Crippen LogP) is 1.10. The molecule has 0 atom stereocenters. The quantitative estimate of drug-likeness (QED) is 0.705. The van der Waals surface area contributed by atoms with Crippen LogP contribution in [0.4, 0.5) is 4.79 Å². The van der Waals surface area contributed by atoms with E-state index in [-0.39, 0.29) is 17.4 Å². The lowest BCUT2D eigenvalue weighted by atomic mass is 10.1. The third kappa shape index (κ3) is 5.87. The average molecular weight is 354 g/mol. The molecule has 0 saturated heterocycles. The Hall–Kier alpha value is -2.97. The van der Waals surface area contributed by atoms with Gasteiger partial charge in [0.05, 0.1) is 21.3 Å². The molecule has 1 aromatic carbocycles. The van der Waals surface area contributed by atoms with Crippen molar-refractivity contribution in [3.05, 3.63) is 17.7 Å². The van der Waals surface area contributed by atoms with Gasteiger partial charge in [-0.1, -0.05) is 0 Å². The molecule has 0 saturated carbocycles. The minimum Gasteiger partial charge on any atom is -0.496 e. The molecule has 9 nitrogen and oxygen atoms in total. The van der Waals surface area contributed by atoms with Crippen LogP contribution in [0.1, 0.15) is 24.2 Å². The highest BCUT2D eigenvalue weighted by atomic mass is 16.5. The summed E-state index contributed by atoms with van der Waals surface area (Å²) >= 11 is 0. The Kier molecular flexibility index (Phi) is 7.51. The number of hydrogen-bond acceptors (Lipinski definition) is 7. The van der Waals surface area contributed by atoms with Gasteiger partial charge in [-0.25, -0.2) is 9.59 Å². The number of benzene rings is 1. The molecule has 138 valence electrons. The van der Waals surface area contributed by atoms with E-state index in [0.29, 0.717) is 11.5 Å². The first kappa shape index (κ1) is 20.1. The van der Waals surface area contributed by atoms with E-state index in [2.05, 4.69) is 5.32 Å². The van der Waals surface area contributed by atoms with Gasteiger partial charge in [0.1, 0.15) is 11.3 Å². The van der Waals surface area contributed by atoms with Gasteiger partial charge >= 0.3 is 12.0 Å². The number of ether oxygens (including phenoxy) is 4. The molecule has 0 heterocycles. The van der Waals surface area contributed by atoms with Crippen molar-refractivity contribution < 1.29 is 33.3 Å². The van der Waals surface area contributed by atoms with Crippen molar-refractivity contribution in [2.24, 2.45) is 0 Å². The Morgan fingerprint density at radius 3 is 2.04 bits per heavy atom. The first-order valence-corrected chi connectivity index (χ1v) is 7.39. The van der Waals surface area contributed by atoms with Gasteiger partial charge in [0.15, 0.2) is 18.1 Å². The van der Waals surface area contributed by atoms with Crippen LogP contribution in [0.5, 0.6) is 17.2 Å². The van der Waals surface area contributed by atoms with Gasteiger partial charge < -0.3 is 24.3 Å². The largest absolute Gasteiger partial charge is 0.496 e. The summed E-state index contributed by atoms with van der Waals surface area (Å²) in [6, 6.07) is 2.04. The summed E-state index contributed by atoms with van der Waals surface area (Å²) in [4.78, 5) is 35.2. The van der Waals surface area contributed by atoms with Crippen LogP contribution in [0.25, 0.3) is 0 Å². The average Bonchev–Trinajstić information content (AvgIpc) is 2.57. The van der Waals surface area contributed by atoms with Gasteiger partial charge in [-0.15, -0.1) is 0 Å². The van der Waals surface area contributed by atoms with Gasteiger partial charge in [-0.05, 0) is 13.8 Å². The zero-order valence-electron chi connectivity index (χ0n) is 14.8. The maximum absolute atomic E-state index is 12.2. The maximum Gasteiger partial charge on any atom is 0.342 e. The van der Waals surface area contributed by atoms with Crippen molar-refractivity contribution in [1.29, 1.82) is 0 Å². The molecule has 0 aliphatic carbocycles. The zero-order chi connectivity index (χ0) is 19.0. The Morgan fingerprint density at radius 1 is 0.960 bits per heavy atom. The van der Waals surface area contributed by atoms with E-state index in [1.165, 1.54) is 33.5 Å². The molecular formula is C16H22N2O7. The molecule has 0 unspecified atom stereocenters. The molecule has 0 aliphatic heterocycles. The molecule has 3 amide bonds. The summed E-state index contributed by atoms with van der Waals surface area (Å²) in [5, 5.41) is 4.52. The molecular weight excluding hydrogens is 332 g/mol. The highest BCUT2D eigenvalue weighted by Gasteiger charge is 2.20. The lowest BCUT2D eigenvalue weighted by Gasteiger charge is -2.13. The van der Waals surface area contributed by atoms with Crippen LogP contribution in [0.15, 0.2) is 12.1 Å². The molecule has 1 aromatic rings. The molecule has 0 aromatic heterocycles. The molecule has 2 N–H and O–H groups in total. The van der Waals surface area contributed by atoms with Gasteiger partial charge in [0, 0.05) is 18.2 Å². The van der Waals surface area contributed by atoms with Crippen molar-refractivity contribution in [3.63, 3.8) is 0 Å². The Labute approximate surface area is 145 Å². The van der Waals surface area contributed by atoms with Crippen molar-refractivity contribution in [2.45, 2.75) is 19.9 Å². The highest BCUT2D eigenvalue weighted by Crippen LogP contribution is 2.34. The summed E-state index contributed by atoms with van der Waals surface area (Å²) in [5.41, 5.74) is 0.0552. The van der Waals surface area contributed by atoms with Crippen LogP contribution in [0.2, 0.25) is 0 Å². The Balaban J connectivity index is 2.77.